The second kappa shape index (κ2) is 6.54. The maximum Gasteiger partial charge on any atom is 0.317 e. The minimum atomic E-state index is -0.352. The lowest BCUT2D eigenvalue weighted by Gasteiger charge is -2.34. The van der Waals surface area contributed by atoms with E-state index in [1.807, 2.05) is 13.8 Å². The molecule has 1 fully saturated rings. The average Bonchev–Trinajstić information content (AvgIpc) is 2.75. The van der Waals surface area contributed by atoms with Gasteiger partial charge in [-0.2, -0.15) is 0 Å². The molecule has 2 heterocycles. The topological polar surface area (TPSA) is 65.5 Å². The van der Waals surface area contributed by atoms with Gasteiger partial charge in [0.05, 0.1) is 18.3 Å². The van der Waals surface area contributed by atoms with Gasteiger partial charge in [0.25, 0.3) is 0 Å². The number of aromatic nitrogens is 1. The molecule has 112 valence electrons. The molecule has 1 aliphatic heterocycles. The van der Waals surface area contributed by atoms with Crippen LogP contribution < -0.4 is 5.32 Å². The van der Waals surface area contributed by atoms with E-state index in [2.05, 4.69) is 10.3 Å². The highest BCUT2D eigenvalue weighted by Crippen LogP contribution is 2.20. The molecule has 1 aromatic rings. The van der Waals surface area contributed by atoms with Gasteiger partial charge in [-0.1, -0.05) is 0 Å². The molecular formula is C14H23N3O2S. The van der Waals surface area contributed by atoms with E-state index in [1.54, 1.807) is 23.2 Å². The zero-order chi connectivity index (χ0) is 14.7. The largest absolute Gasteiger partial charge is 0.393 e. The molecule has 5 nitrogen and oxygen atoms in total. The lowest BCUT2D eigenvalue weighted by atomic mass is 9.94. The fourth-order valence-corrected chi connectivity index (χ4v) is 3.34. The van der Waals surface area contributed by atoms with E-state index in [4.69, 9.17) is 0 Å². The van der Waals surface area contributed by atoms with E-state index in [9.17, 15) is 9.90 Å². The normalized spacial score (nSPS) is 20.8. The van der Waals surface area contributed by atoms with E-state index >= 15 is 0 Å². The summed E-state index contributed by atoms with van der Waals surface area (Å²) >= 11 is 1.62. The van der Waals surface area contributed by atoms with Gasteiger partial charge in [0.2, 0.25) is 0 Å². The number of carbonyl (C=O) groups excluding carboxylic acids is 1. The summed E-state index contributed by atoms with van der Waals surface area (Å²) in [5.41, 5.74) is 1.03. The highest BCUT2D eigenvalue weighted by Gasteiger charge is 2.26. The van der Waals surface area contributed by atoms with Gasteiger partial charge in [0.15, 0.2) is 0 Å². The number of thiazole rings is 1. The smallest absolute Gasteiger partial charge is 0.317 e. The lowest BCUT2D eigenvalue weighted by molar-refractivity contribution is 0.0738. The number of nitrogens with one attached hydrogen (secondary N) is 1. The molecule has 1 saturated heterocycles. The molecule has 6 heteroatoms. The zero-order valence-corrected chi connectivity index (χ0v) is 13.2. The van der Waals surface area contributed by atoms with Crippen molar-refractivity contribution in [2.75, 3.05) is 13.1 Å². The monoisotopic (exact) mass is 297 g/mol. The molecule has 0 aliphatic carbocycles. The quantitative estimate of drug-likeness (QED) is 0.897. The van der Waals surface area contributed by atoms with E-state index in [0.29, 0.717) is 13.1 Å². The zero-order valence-electron chi connectivity index (χ0n) is 12.3. The second-order valence-corrected chi connectivity index (χ2v) is 6.78. The SMILES string of the molecule is Cc1nc(CNC(=O)N2CCCC(C(C)O)C2)sc1C. The number of piperidine rings is 1. The molecule has 20 heavy (non-hydrogen) atoms. The molecule has 0 radical (unpaired) electrons. The third kappa shape index (κ3) is 3.70. The number of carbonyl (C=O) groups is 1. The van der Waals surface area contributed by atoms with Crippen molar-refractivity contribution in [3.05, 3.63) is 15.6 Å². The number of nitrogens with zero attached hydrogens (tertiary/aromatic N) is 2. The van der Waals surface area contributed by atoms with Crippen molar-refractivity contribution >= 4 is 17.4 Å². The number of rotatable bonds is 3. The van der Waals surface area contributed by atoms with Gasteiger partial charge >= 0.3 is 6.03 Å². The summed E-state index contributed by atoms with van der Waals surface area (Å²) in [6.45, 7) is 7.71. The van der Waals surface area contributed by atoms with Crippen LogP contribution in [0, 0.1) is 19.8 Å². The minimum Gasteiger partial charge on any atom is -0.393 e. The number of hydrogen-bond donors (Lipinski definition) is 2. The van der Waals surface area contributed by atoms with E-state index < -0.39 is 0 Å². The van der Waals surface area contributed by atoms with E-state index in [1.165, 1.54) is 4.88 Å². The van der Waals surface area contributed by atoms with Crippen LogP contribution in [-0.2, 0) is 6.54 Å². The van der Waals surface area contributed by atoms with Crippen molar-refractivity contribution in [3.8, 4) is 0 Å². The molecule has 0 spiro atoms. The Labute approximate surface area is 124 Å². The van der Waals surface area contributed by atoms with Gasteiger partial charge in [-0.3, -0.25) is 0 Å². The van der Waals surface area contributed by atoms with Crippen molar-refractivity contribution < 1.29 is 9.90 Å². The van der Waals surface area contributed by atoms with Crippen molar-refractivity contribution in [1.82, 2.24) is 15.2 Å². The molecule has 0 bridgehead atoms. The van der Waals surface area contributed by atoms with Crippen LogP contribution in [0.1, 0.15) is 35.3 Å². The molecule has 2 atom stereocenters. The summed E-state index contributed by atoms with van der Waals surface area (Å²) in [5.74, 6) is 0.193. The first-order valence-electron chi connectivity index (χ1n) is 7.11. The first-order valence-corrected chi connectivity index (χ1v) is 7.92. The first kappa shape index (κ1) is 15.3. The molecular weight excluding hydrogens is 274 g/mol. The van der Waals surface area contributed by atoms with Gasteiger partial charge in [-0.15, -0.1) is 11.3 Å². The van der Waals surface area contributed by atoms with Gasteiger partial charge in [-0.25, -0.2) is 9.78 Å². The fraction of sp³-hybridized carbons (Fsp3) is 0.714. The van der Waals surface area contributed by atoms with Gasteiger partial charge in [-0.05, 0) is 33.6 Å². The molecule has 2 unspecified atom stereocenters. The minimum absolute atomic E-state index is 0.0548. The van der Waals surface area contributed by atoms with Crippen LogP contribution in [0.3, 0.4) is 0 Å². The van der Waals surface area contributed by atoms with Crippen LogP contribution in [0.15, 0.2) is 0 Å². The van der Waals surface area contributed by atoms with Crippen LogP contribution in [0.5, 0.6) is 0 Å². The van der Waals surface area contributed by atoms with E-state index in [-0.39, 0.29) is 18.1 Å². The summed E-state index contributed by atoms with van der Waals surface area (Å²) in [7, 11) is 0. The molecule has 0 aromatic carbocycles. The number of aliphatic hydroxyl groups excluding tert-OH is 1. The molecule has 1 aromatic heterocycles. The van der Waals surface area contributed by atoms with Crippen LogP contribution in [0.2, 0.25) is 0 Å². The molecule has 2 rings (SSSR count). The molecule has 0 saturated carbocycles. The molecule has 1 aliphatic rings. The number of aliphatic hydroxyl groups is 1. The third-order valence-corrected chi connectivity index (χ3v) is 4.96. The Hall–Kier alpha value is -1.14. The summed E-state index contributed by atoms with van der Waals surface area (Å²) in [5, 5.41) is 13.5. The number of amides is 2. The Balaban J connectivity index is 1.85. The van der Waals surface area contributed by atoms with Crippen LogP contribution in [0.4, 0.5) is 4.79 Å². The highest BCUT2D eigenvalue weighted by atomic mass is 32.1. The Morgan fingerprint density at radius 1 is 1.60 bits per heavy atom. The summed E-state index contributed by atoms with van der Waals surface area (Å²) in [4.78, 5) is 19.6. The highest BCUT2D eigenvalue weighted by molar-refractivity contribution is 7.11. The Morgan fingerprint density at radius 3 is 2.95 bits per heavy atom. The predicted molar refractivity (Wildman–Crippen MR) is 79.8 cm³/mol. The van der Waals surface area contributed by atoms with Crippen molar-refractivity contribution in [2.45, 2.75) is 46.3 Å². The summed E-state index contributed by atoms with van der Waals surface area (Å²) in [6, 6.07) is -0.0548. The van der Waals surface area contributed by atoms with Crippen molar-refractivity contribution in [1.29, 1.82) is 0 Å². The predicted octanol–water partition coefficient (Wildman–Crippen LogP) is 2.06. The van der Waals surface area contributed by atoms with Gasteiger partial charge < -0.3 is 15.3 Å². The summed E-state index contributed by atoms with van der Waals surface area (Å²) in [6.07, 6.45) is 1.60. The average molecular weight is 297 g/mol. The Kier molecular flexibility index (Phi) is 4.99. The molecule has 2 N–H and O–H groups in total. The number of urea groups is 1. The van der Waals surface area contributed by atoms with Gasteiger partial charge in [0, 0.05) is 23.9 Å². The van der Waals surface area contributed by atoms with Crippen molar-refractivity contribution in [2.24, 2.45) is 5.92 Å². The number of aryl methyl sites for hydroxylation is 2. The molecule has 2 amide bonds. The lowest BCUT2D eigenvalue weighted by Crippen LogP contribution is -2.47. The third-order valence-electron chi connectivity index (χ3n) is 3.89. The Bertz CT molecular complexity index is 453. The standard InChI is InChI=1S/C14H23N3O2S/c1-9-11(3)20-13(16-9)7-15-14(19)17-6-4-5-12(8-17)10(2)18/h10,12,18H,4-8H2,1-3H3,(H,15,19). The first-order chi connectivity index (χ1) is 9.47. The van der Waals surface area contributed by atoms with E-state index in [0.717, 1.165) is 30.1 Å². The Morgan fingerprint density at radius 2 is 2.35 bits per heavy atom. The second-order valence-electron chi connectivity index (χ2n) is 5.50. The number of likely N-dealkylation sites (tertiary alicyclic amines) is 1. The van der Waals surface area contributed by atoms with Crippen LogP contribution in [0.25, 0.3) is 0 Å². The maximum absolute atomic E-state index is 12.1. The van der Waals surface area contributed by atoms with Crippen LogP contribution in [-0.4, -0.2) is 40.2 Å². The van der Waals surface area contributed by atoms with Crippen molar-refractivity contribution in [3.63, 3.8) is 0 Å². The fourth-order valence-electron chi connectivity index (χ4n) is 2.47. The number of hydrogen-bond acceptors (Lipinski definition) is 4. The summed E-state index contributed by atoms with van der Waals surface area (Å²) < 4.78 is 0. The van der Waals surface area contributed by atoms with Gasteiger partial charge in [0.1, 0.15) is 5.01 Å². The maximum atomic E-state index is 12.1. The van der Waals surface area contributed by atoms with Crippen LogP contribution >= 0.6 is 11.3 Å².